The van der Waals surface area contributed by atoms with Gasteiger partial charge in [-0.3, -0.25) is 14.2 Å². The first kappa shape index (κ1) is 62.7. The van der Waals surface area contributed by atoms with E-state index in [-0.39, 0.29) is 26.1 Å². The lowest BCUT2D eigenvalue weighted by molar-refractivity contribution is -0.870. The van der Waals surface area contributed by atoms with Crippen LogP contribution in [-0.4, -0.2) is 70.0 Å². The lowest BCUT2D eigenvalue weighted by Crippen LogP contribution is -2.37. The third-order valence-electron chi connectivity index (χ3n) is 11.3. The Morgan fingerprint density at radius 3 is 1.28 bits per heavy atom. The molecule has 0 bridgehead atoms. The number of rotatable bonds is 48. The van der Waals surface area contributed by atoms with Gasteiger partial charge in [0, 0.05) is 12.8 Å². The van der Waals surface area contributed by atoms with Crippen molar-refractivity contribution in [1.29, 1.82) is 0 Å². The molecule has 0 aliphatic carbocycles. The molecule has 2 unspecified atom stereocenters. The number of nitrogens with zero attached hydrogens (tertiary/aromatic N) is 1. The smallest absolute Gasteiger partial charge is 0.306 e. The maximum absolute atomic E-state index is 12.8. The van der Waals surface area contributed by atoms with Crippen molar-refractivity contribution >= 4 is 19.8 Å². The van der Waals surface area contributed by atoms with Crippen LogP contribution in [0.5, 0.6) is 0 Å². The van der Waals surface area contributed by atoms with Gasteiger partial charge in [0.05, 0.1) is 27.7 Å². The van der Waals surface area contributed by atoms with Crippen LogP contribution in [0, 0.1) is 0 Å². The number of carbonyl (C=O) groups is 2. The molecule has 0 saturated heterocycles. The first-order valence-corrected chi connectivity index (χ1v) is 28.0. The zero-order valence-electron chi connectivity index (χ0n) is 42.7. The molecule has 0 spiro atoms. The summed E-state index contributed by atoms with van der Waals surface area (Å²) >= 11 is 0. The van der Waals surface area contributed by atoms with Gasteiger partial charge >= 0.3 is 11.9 Å². The molecule has 0 heterocycles. The van der Waals surface area contributed by atoms with Crippen molar-refractivity contribution in [2.45, 2.75) is 232 Å². The second kappa shape index (κ2) is 46.8. The Labute approximate surface area is 400 Å². The van der Waals surface area contributed by atoms with Gasteiger partial charge in [-0.2, -0.15) is 0 Å². The normalized spacial score (nSPS) is 13.9. The monoisotopic (exact) mass is 934 g/mol. The van der Waals surface area contributed by atoms with Gasteiger partial charge in [-0.1, -0.05) is 197 Å². The highest BCUT2D eigenvalue weighted by Crippen LogP contribution is 2.38. The maximum Gasteiger partial charge on any atom is 0.306 e. The molecule has 0 aliphatic heterocycles. The number of quaternary nitrogens is 1. The third kappa shape index (κ3) is 51.0. The largest absolute Gasteiger partial charge is 0.756 e. The van der Waals surface area contributed by atoms with E-state index in [0.29, 0.717) is 23.9 Å². The summed E-state index contributed by atoms with van der Waals surface area (Å²) in [6, 6.07) is 0. The zero-order chi connectivity index (χ0) is 47.8. The van der Waals surface area contributed by atoms with Crippen LogP contribution in [-0.2, 0) is 32.7 Å². The molecule has 0 fully saturated rings. The second-order valence-electron chi connectivity index (χ2n) is 18.9. The number of hydrogen-bond acceptors (Lipinski definition) is 8. The zero-order valence-corrected chi connectivity index (χ0v) is 43.6. The molecule has 10 heteroatoms. The van der Waals surface area contributed by atoms with E-state index in [1.165, 1.54) is 109 Å². The van der Waals surface area contributed by atoms with E-state index in [2.05, 4.69) is 74.6 Å². The number of ether oxygens (including phenoxy) is 2. The maximum atomic E-state index is 12.8. The Bertz CT molecular complexity index is 1290. The van der Waals surface area contributed by atoms with Crippen LogP contribution in [0.4, 0.5) is 0 Å². The Balaban J connectivity index is 4.18. The van der Waals surface area contributed by atoms with Crippen molar-refractivity contribution in [3.63, 3.8) is 0 Å². The number of allylic oxidation sites excluding steroid dienone is 10. The van der Waals surface area contributed by atoms with Crippen LogP contribution < -0.4 is 4.89 Å². The lowest BCUT2D eigenvalue weighted by atomic mass is 10.0. The highest BCUT2D eigenvalue weighted by atomic mass is 31.2. The molecular formula is C55H100NO8P. The van der Waals surface area contributed by atoms with Gasteiger partial charge in [-0.05, 0) is 77.0 Å². The molecule has 9 nitrogen and oxygen atoms in total. The Morgan fingerprint density at radius 2 is 0.846 bits per heavy atom. The minimum absolute atomic E-state index is 0.0353. The van der Waals surface area contributed by atoms with Crippen molar-refractivity contribution in [3.8, 4) is 0 Å². The Morgan fingerprint density at radius 1 is 0.477 bits per heavy atom. The summed E-state index contributed by atoms with van der Waals surface area (Å²) in [7, 11) is 1.15. The number of esters is 2. The third-order valence-corrected chi connectivity index (χ3v) is 12.2. The van der Waals surface area contributed by atoms with Crippen LogP contribution in [0.3, 0.4) is 0 Å². The van der Waals surface area contributed by atoms with Crippen molar-refractivity contribution in [3.05, 3.63) is 60.8 Å². The average Bonchev–Trinajstić information content (AvgIpc) is 3.26. The van der Waals surface area contributed by atoms with E-state index in [4.69, 9.17) is 18.5 Å². The van der Waals surface area contributed by atoms with Crippen LogP contribution >= 0.6 is 7.82 Å². The molecule has 0 radical (unpaired) electrons. The van der Waals surface area contributed by atoms with Gasteiger partial charge in [0.25, 0.3) is 7.82 Å². The highest BCUT2D eigenvalue weighted by molar-refractivity contribution is 7.45. The minimum Gasteiger partial charge on any atom is -0.756 e. The summed E-state index contributed by atoms with van der Waals surface area (Å²) in [5, 5.41) is 0. The SMILES string of the molecule is CCCC/C=C\C/C=C\CCCCCCCC(=O)OCC(COP(=O)([O-])OCC[N+](C)(C)C)OC(=O)CCCCCCCCCCCCCC/C=C\C/C=C\C/C=C\CCCCCCC. The van der Waals surface area contributed by atoms with Crippen molar-refractivity contribution in [2.24, 2.45) is 0 Å². The Kier molecular flexibility index (Phi) is 45.2. The molecule has 0 saturated carbocycles. The van der Waals surface area contributed by atoms with E-state index >= 15 is 0 Å². The van der Waals surface area contributed by atoms with Crippen molar-refractivity contribution < 1.29 is 42.1 Å². The van der Waals surface area contributed by atoms with Gasteiger partial charge in [0.15, 0.2) is 6.10 Å². The molecule has 378 valence electrons. The van der Waals surface area contributed by atoms with Crippen LogP contribution in [0.15, 0.2) is 60.8 Å². The van der Waals surface area contributed by atoms with E-state index in [9.17, 15) is 19.0 Å². The number of likely N-dealkylation sites (N-methyl/N-ethyl adjacent to an activating group) is 1. The summed E-state index contributed by atoms with van der Waals surface area (Å²) in [5.74, 6) is -0.851. The van der Waals surface area contributed by atoms with Crippen LogP contribution in [0.2, 0.25) is 0 Å². The predicted molar refractivity (Wildman–Crippen MR) is 273 cm³/mol. The van der Waals surface area contributed by atoms with Gasteiger partial charge in [-0.15, -0.1) is 0 Å². The second-order valence-corrected chi connectivity index (χ2v) is 20.3. The fourth-order valence-corrected chi connectivity index (χ4v) is 7.82. The number of unbranched alkanes of at least 4 members (excludes halogenated alkanes) is 24. The van der Waals surface area contributed by atoms with Gasteiger partial charge in [0.1, 0.15) is 19.8 Å². The summed E-state index contributed by atoms with van der Waals surface area (Å²) < 4.78 is 34.0. The van der Waals surface area contributed by atoms with Gasteiger partial charge in [0.2, 0.25) is 0 Å². The quantitative estimate of drug-likeness (QED) is 0.0195. The van der Waals surface area contributed by atoms with Gasteiger partial charge < -0.3 is 27.9 Å². The molecule has 0 rings (SSSR count). The molecule has 0 aromatic heterocycles. The molecule has 0 aromatic rings. The first-order chi connectivity index (χ1) is 31.5. The lowest BCUT2D eigenvalue weighted by Gasteiger charge is -2.28. The fraction of sp³-hybridized carbons (Fsp3) is 0.782. The average molecular weight is 934 g/mol. The van der Waals surface area contributed by atoms with Crippen LogP contribution in [0.25, 0.3) is 0 Å². The number of phosphoric acid groups is 1. The van der Waals surface area contributed by atoms with Crippen LogP contribution in [0.1, 0.15) is 226 Å². The molecule has 0 aliphatic rings. The highest BCUT2D eigenvalue weighted by Gasteiger charge is 2.21. The molecule has 0 amide bonds. The van der Waals surface area contributed by atoms with E-state index in [1.807, 2.05) is 21.1 Å². The molecule has 0 N–H and O–H groups in total. The summed E-state index contributed by atoms with van der Waals surface area (Å²) in [4.78, 5) is 37.7. The van der Waals surface area contributed by atoms with E-state index in [1.54, 1.807) is 0 Å². The standard InChI is InChI=1S/C55H100NO8P/c1-6-8-10-12-14-16-18-20-22-23-24-25-26-27-28-29-30-31-32-33-34-36-38-40-42-44-46-48-55(58)64-53(52-63-65(59,60)62-50-49-56(3,4)5)51-61-54(57)47-45-43-41-39-37-35-21-19-17-15-13-11-9-7-2/h13,15,18-21,23-24,26-27,53H,6-12,14,16-17,22,25,28-52H2,1-5H3/b15-13-,20-18-,21-19-,24-23-,27-26-. The van der Waals surface area contributed by atoms with E-state index < -0.39 is 32.5 Å². The summed E-state index contributed by atoms with van der Waals surface area (Å²) in [6.07, 6.45) is 58.3. The van der Waals surface area contributed by atoms with Crippen molar-refractivity contribution in [2.75, 3.05) is 47.5 Å². The Hall–Kier alpha value is -2.29. The number of hydrogen-bond donors (Lipinski definition) is 0. The predicted octanol–water partition coefficient (Wildman–Crippen LogP) is 15.3. The summed E-state index contributed by atoms with van der Waals surface area (Å²) in [5.41, 5.74) is 0. The molecule has 0 aromatic carbocycles. The van der Waals surface area contributed by atoms with E-state index in [0.717, 1.165) is 77.0 Å². The molecule has 2 atom stereocenters. The van der Waals surface area contributed by atoms with Gasteiger partial charge in [-0.25, -0.2) is 0 Å². The first-order valence-electron chi connectivity index (χ1n) is 26.5. The number of carbonyl (C=O) groups excluding carboxylic acids is 2. The minimum atomic E-state index is -4.64. The topological polar surface area (TPSA) is 111 Å². The fourth-order valence-electron chi connectivity index (χ4n) is 7.09. The van der Waals surface area contributed by atoms with Crippen molar-refractivity contribution in [1.82, 2.24) is 0 Å². The molecule has 65 heavy (non-hydrogen) atoms. The summed E-state index contributed by atoms with van der Waals surface area (Å²) in [6.45, 7) is 4.17. The number of phosphoric ester groups is 1. The molecular weight excluding hydrogens is 834 g/mol.